The summed E-state index contributed by atoms with van der Waals surface area (Å²) in [5.41, 5.74) is 35.6. The zero-order valence-corrected chi connectivity index (χ0v) is 67.8. The van der Waals surface area contributed by atoms with Crippen molar-refractivity contribution in [2.75, 3.05) is 45.9 Å². The molecule has 38 heteroatoms. The summed E-state index contributed by atoms with van der Waals surface area (Å²) in [6.07, 6.45) is 3.47. The van der Waals surface area contributed by atoms with Crippen LogP contribution in [0.2, 0.25) is 0 Å². The molecule has 0 saturated carbocycles. The average Bonchev–Trinajstić information content (AvgIpc) is 1.78. The minimum absolute atomic E-state index is 0.0100. The summed E-state index contributed by atoms with van der Waals surface area (Å²) in [5, 5.41) is 69.4. The van der Waals surface area contributed by atoms with Crippen molar-refractivity contribution in [3.8, 4) is 5.75 Å². The number of ether oxygens (including phenoxy) is 1. The van der Waals surface area contributed by atoms with Crippen molar-refractivity contribution >= 4 is 94.7 Å². The van der Waals surface area contributed by atoms with Gasteiger partial charge in [0, 0.05) is 58.9 Å². The van der Waals surface area contributed by atoms with Gasteiger partial charge in [0.1, 0.15) is 78.8 Å². The Morgan fingerprint density at radius 3 is 1.25 bits per heavy atom. The van der Waals surface area contributed by atoms with E-state index in [1.165, 1.54) is 11.8 Å². The van der Waals surface area contributed by atoms with Gasteiger partial charge in [0.05, 0.1) is 0 Å². The topological polar surface area (TPSA) is 637 Å². The number of rotatable bonds is 54. The quantitative estimate of drug-likeness (QED) is 0.0125. The molecule has 1 unspecified atom stereocenters. The van der Waals surface area contributed by atoms with E-state index in [4.69, 9.17) is 60.8 Å². The van der Waals surface area contributed by atoms with E-state index in [-0.39, 0.29) is 147 Å². The van der Waals surface area contributed by atoms with E-state index in [2.05, 4.69) is 81.0 Å². The molecule has 30 N–H and O–H groups in total. The number of hydrogen-bond acceptors (Lipinski definition) is 18. The van der Waals surface area contributed by atoms with Crippen LogP contribution in [0.15, 0.2) is 97.6 Å². The fraction of sp³-hybridized carbons (Fsp3) is 0.544. The Morgan fingerprint density at radius 2 is 0.846 bits per heavy atom. The van der Waals surface area contributed by atoms with E-state index >= 15 is 19.2 Å². The second kappa shape index (κ2) is 52.4. The summed E-state index contributed by atoms with van der Waals surface area (Å²) in [6, 6.07) is 9.60. The van der Waals surface area contributed by atoms with Gasteiger partial charge in [0.2, 0.25) is 70.9 Å². The van der Waals surface area contributed by atoms with E-state index in [1.807, 2.05) is 0 Å². The van der Waals surface area contributed by atoms with Gasteiger partial charge in [-0.2, -0.15) is 0 Å². The zero-order chi connectivity index (χ0) is 86.5. The molecule has 1 aliphatic heterocycles. The Morgan fingerprint density at radius 1 is 0.470 bits per heavy atom. The minimum Gasteiger partial charge on any atom is -0.490 e. The first-order valence-electron chi connectivity index (χ1n) is 39.8. The van der Waals surface area contributed by atoms with Crippen LogP contribution in [0.1, 0.15) is 148 Å². The zero-order valence-electron chi connectivity index (χ0n) is 67.8. The summed E-state index contributed by atoms with van der Waals surface area (Å²) in [7, 11) is 0. The molecule has 12 amide bonds. The number of carbonyl (C=O) groups excluding carboxylic acids is 12. The summed E-state index contributed by atoms with van der Waals surface area (Å²) < 4.78 is 5.62. The van der Waals surface area contributed by atoms with Gasteiger partial charge < -0.3 is 118 Å². The number of hydrogen-bond donors (Lipinski definition) is 24. The average molecular weight is 1630 g/mol. The maximum Gasteiger partial charge on any atom is 0.245 e. The van der Waals surface area contributed by atoms with E-state index in [1.54, 1.807) is 119 Å². The lowest BCUT2D eigenvalue weighted by Crippen LogP contribution is -2.61. The summed E-state index contributed by atoms with van der Waals surface area (Å²) in [4.78, 5) is 174. The molecule has 0 radical (unpaired) electrons. The first-order valence-corrected chi connectivity index (χ1v) is 39.8. The highest BCUT2D eigenvalue weighted by molar-refractivity contribution is 6.00. The molecule has 0 aliphatic carbocycles. The van der Waals surface area contributed by atoms with Gasteiger partial charge in [0.25, 0.3) is 0 Å². The predicted octanol–water partition coefficient (Wildman–Crippen LogP) is -2.10. The SMILES string of the molecule is C=CCOc1ccc(C[C@H](NC(C)=O)C(=O)N[C@@H](Cc2ccccc2)C(=O)N[C@@H](Cc2ccccc2)C(=O)N[C@@H](CCCNC(=N)N)C(=O)N[C@@H](CC(C)C)C(=O)N[C@@H](CCCNC(=N)N)C(=O)N[C@@H](CCCNC(=N)N)C(=O)N[C@H](C(=O)N[C@@H](CCCNC(=N)N)C(=O)N2CCCC2C(=O)N[C@@H](CCCCN)C(N)=O)[C@@H](C)CC)cc1. The molecule has 0 spiro atoms. The van der Waals surface area contributed by atoms with Crippen LogP contribution in [0, 0.1) is 33.5 Å². The van der Waals surface area contributed by atoms with E-state index < -0.39 is 155 Å². The van der Waals surface area contributed by atoms with Crippen molar-refractivity contribution in [1.82, 2.24) is 79.3 Å². The maximum absolute atomic E-state index is 15.1. The van der Waals surface area contributed by atoms with Crippen LogP contribution in [0.5, 0.6) is 5.75 Å². The van der Waals surface area contributed by atoms with Crippen molar-refractivity contribution < 1.29 is 62.3 Å². The number of likely N-dealkylation sites (tertiary alicyclic amines) is 1. The summed E-state index contributed by atoms with van der Waals surface area (Å²) in [5.74, 6) is -11.3. The van der Waals surface area contributed by atoms with Crippen LogP contribution in [-0.2, 0) is 76.8 Å². The Hall–Kier alpha value is -12.1. The lowest BCUT2D eigenvalue weighted by Gasteiger charge is -2.32. The number of nitrogens with zero attached hydrogens (tertiary/aromatic N) is 1. The largest absolute Gasteiger partial charge is 0.490 e. The van der Waals surface area contributed by atoms with Crippen molar-refractivity contribution in [3.63, 3.8) is 0 Å². The fourth-order valence-corrected chi connectivity index (χ4v) is 13.0. The molecule has 644 valence electrons. The van der Waals surface area contributed by atoms with Crippen LogP contribution in [-0.4, -0.2) is 212 Å². The van der Waals surface area contributed by atoms with Gasteiger partial charge in [-0.05, 0) is 137 Å². The molecular formula is C79H125N25O13. The van der Waals surface area contributed by atoms with Gasteiger partial charge >= 0.3 is 0 Å². The predicted molar refractivity (Wildman–Crippen MR) is 443 cm³/mol. The highest BCUT2D eigenvalue weighted by Gasteiger charge is 2.41. The summed E-state index contributed by atoms with van der Waals surface area (Å²) >= 11 is 0. The molecule has 1 fully saturated rings. The van der Waals surface area contributed by atoms with Gasteiger partial charge in [0.15, 0.2) is 23.8 Å². The highest BCUT2D eigenvalue weighted by atomic mass is 16.5. The number of primary amides is 1. The van der Waals surface area contributed by atoms with E-state index in [9.17, 15) is 38.4 Å². The van der Waals surface area contributed by atoms with Gasteiger partial charge in [-0.3, -0.25) is 79.2 Å². The Kier molecular flexibility index (Phi) is 43.5. The normalized spacial score (nSPS) is 15.1. The molecule has 3 aromatic carbocycles. The third kappa shape index (κ3) is 36.9. The number of unbranched alkanes of at least 4 members (excludes halogenated alkanes) is 1. The minimum atomic E-state index is -1.50. The van der Waals surface area contributed by atoms with Crippen LogP contribution in [0.25, 0.3) is 0 Å². The lowest BCUT2D eigenvalue weighted by molar-refractivity contribution is -0.142. The molecule has 4 rings (SSSR count). The second-order valence-corrected chi connectivity index (χ2v) is 29.4. The highest BCUT2D eigenvalue weighted by Crippen LogP contribution is 2.22. The molecule has 0 aromatic heterocycles. The van der Waals surface area contributed by atoms with Crippen molar-refractivity contribution in [2.24, 2.45) is 46.2 Å². The number of nitrogens with one attached hydrogen (secondary N) is 18. The van der Waals surface area contributed by atoms with Crippen molar-refractivity contribution in [3.05, 3.63) is 114 Å². The molecule has 12 atom stereocenters. The van der Waals surface area contributed by atoms with Crippen molar-refractivity contribution in [2.45, 2.75) is 217 Å². The Bertz CT molecular complexity index is 3780. The Labute approximate surface area is 683 Å². The van der Waals surface area contributed by atoms with Gasteiger partial charge in [-0.1, -0.05) is 120 Å². The number of nitrogens with two attached hydrogens (primary N) is 6. The second-order valence-electron chi connectivity index (χ2n) is 29.4. The van der Waals surface area contributed by atoms with Gasteiger partial charge in [-0.15, -0.1) is 0 Å². The molecule has 0 bridgehead atoms. The van der Waals surface area contributed by atoms with Crippen LogP contribution in [0.4, 0.5) is 0 Å². The van der Waals surface area contributed by atoms with Gasteiger partial charge in [-0.25, -0.2) is 0 Å². The first kappa shape index (κ1) is 97.2. The van der Waals surface area contributed by atoms with Crippen molar-refractivity contribution in [1.29, 1.82) is 21.6 Å². The smallest absolute Gasteiger partial charge is 0.245 e. The number of carbonyl (C=O) groups is 12. The maximum atomic E-state index is 15.1. The molecule has 1 heterocycles. The van der Waals surface area contributed by atoms with Crippen LogP contribution >= 0.6 is 0 Å². The molecule has 117 heavy (non-hydrogen) atoms. The Balaban J connectivity index is 1.71. The summed E-state index contributed by atoms with van der Waals surface area (Å²) in [6.45, 7) is 12.8. The third-order valence-electron chi connectivity index (χ3n) is 19.3. The molecular weight excluding hydrogens is 1510 g/mol. The molecule has 38 nitrogen and oxygen atoms in total. The monoisotopic (exact) mass is 1630 g/mol. The third-order valence-corrected chi connectivity index (χ3v) is 19.3. The number of benzene rings is 3. The molecule has 1 aliphatic rings. The fourth-order valence-electron chi connectivity index (χ4n) is 13.0. The van der Waals surface area contributed by atoms with Crippen LogP contribution < -0.4 is 114 Å². The lowest BCUT2D eigenvalue weighted by atomic mass is 9.96. The van der Waals surface area contributed by atoms with E-state index in [0.29, 0.717) is 54.7 Å². The number of guanidine groups is 4. The van der Waals surface area contributed by atoms with E-state index in [0.717, 1.165) is 0 Å². The number of amides is 12. The molecule has 3 aromatic rings. The van der Waals surface area contributed by atoms with Crippen LogP contribution in [0.3, 0.4) is 0 Å². The standard InChI is InChI=1S/C79H125N25O13/c1-7-42-117-53-34-32-52(33-35-53)46-60(94-49(6)105)70(111)101-62(45-51-24-13-10-14-25-51)72(113)102-61(44-50-22-11-9-12-23-50)71(112)98-56(28-18-38-91-77(84)85)67(108)100-59(43-47(3)4)69(110)97-55(27-17-37-90-76(82)83)66(107)96-57(29-19-39-92-78(86)87)68(109)103-64(48(5)8-2)74(115)99-58(30-20-40-93-79(88)89)75(116)104-41-21-31-63(104)73(114)95-54(65(81)106)26-15-16-36-80/h7,9-14,22-25,32-35,47-48,54-64H,1,8,15-21,26-31,36-46,80H2,2-6H3,(H2,81,106)(H,94,105)(H,95,114)(H,96,107)(H,97,110)(H,98,112)(H,99,115)(H,100,108)(H,101,111)(H,102,113)(H,103,109)(H4,82,83,90)(H4,84,85,91)(H4,86,87,92)(H4,88,89,93)/t48-,54-,55-,56-,57-,58-,59-,60-,61-,62-,63?,64-/m0/s1. The first-order chi connectivity index (χ1) is 55.7. The molecule has 1 saturated heterocycles.